The Morgan fingerprint density at radius 3 is 2.46 bits per heavy atom. The molecule has 2 aromatic carbocycles. The van der Waals surface area contributed by atoms with E-state index >= 15 is 0 Å². The molecule has 0 saturated carbocycles. The maximum Gasteiger partial charge on any atom is 0.141 e. The van der Waals surface area contributed by atoms with Crippen molar-refractivity contribution >= 4 is 33.0 Å². The second-order valence-corrected chi connectivity index (χ2v) is 7.55. The molecule has 0 bridgehead atoms. The molecule has 120 valence electrons. The predicted molar refractivity (Wildman–Crippen MR) is 105 cm³/mol. The van der Waals surface area contributed by atoms with Crippen molar-refractivity contribution in [2.24, 2.45) is 0 Å². The summed E-state index contributed by atoms with van der Waals surface area (Å²) in [4.78, 5) is 1.15. The Bertz CT molecular complexity index is 864. The molecule has 0 aliphatic rings. The van der Waals surface area contributed by atoms with E-state index in [1.807, 2.05) is 60.7 Å². The third-order valence-electron chi connectivity index (χ3n) is 3.42. The van der Waals surface area contributed by atoms with Crippen molar-refractivity contribution in [2.45, 2.75) is 6.04 Å². The molecule has 1 aromatic heterocycles. The van der Waals surface area contributed by atoms with Crippen LogP contribution in [0.3, 0.4) is 0 Å². The fourth-order valence-electron chi connectivity index (χ4n) is 2.26. The van der Waals surface area contributed by atoms with Crippen LogP contribution in [0.25, 0.3) is 0 Å². The lowest BCUT2D eigenvalue weighted by molar-refractivity contribution is 0.416. The van der Waals surface area contributed by atoms with Gasteiger partial charge >= 0.3 is 0 Å². The number of halogens is 1. The highest BCUT2D eigenvalue weighted by atomic mass is 79.9. The van der Waals surface area contributed by atoms with Crippen LogP contribution in [0.5, 0.6) is 5.75 Å². The van der Waals surface area contributed by atoms with Crippen LogP contribution < -0.4 is 10.1 Å². The summed E-state index contributed by atoms with van der Waals surface area (Å²) in [5.74, 6) is 7.39. The van der Waals surface area contributed by atoms with Crippen LogP contribution in [0.1, 0.15) is 16.5 Å². The fourth-order valence-corrected chi connectivity index (χ4v) is 3.68. The summed E-state index contributed by atoms with van der Waals surface area (Å²) in [5, 5.41) is 3.49. The largest absolute Gasteiger partial charge is 0.495 e. The van der Waals surface area contributed by atoms with Crippen LogP contribution in [0, 0.1) is 11.8 Å². The van der Waals surface area contributed by atoms with E-state index in [2.05, 4.69) is 39.2 Å². The second kappa shape index (κ2) is 8.05. The highest BCUT2D eigenvalue weighted by Crippen LogP contribution is 2.32. The summed E-state index contributed by atoms with van der Waals surface area (Å²) in [6, 6.07) is 21.9. The van der Waals surface area contributed by atoms with Crippen LogP contribution >= 0.6 is 27.3 Å². The zero-order chi connectivity index (χ0) is 16.8. The number of para-hydroxylation sites is 2. The summed E-state index contributed by atoms with van der Waals surface area (Å²) < 4.78 is 6.52. The van der Waals surface area contributed by atoms with Gasteiger partial charge in [0.1, 0.15) is 11.8 Å². The zero-order valence-corrected chi connectivity index (χ0v) is 15.5. The summed E-state index contributed by atoms with van der Waals surface area (Å²) >= 11 is 5.20. The lowest BCUT2D eigenvalue weighted by Gasteiger charge is -2.15. The Morgan fingerprint density at radius 2 is 1.75 bits per heavy atom. The minimum absolute atomic E-state index is 0.113. The number of rotatable bonds is 4. The van der Waals surface area contributed by atoms with Gasteiger partial charge in [-0.25, -0.2) is 0 Å². The third-order valence-corrected chi connectivity index (χ3v) is 5.11. The first-order chi connectivity index (χ1) is 11.8. The van der Waals surface area contributed by atoms with Gasteiger partial charge < -0.3 is 10.1 Å². The highest BCUT2D eigenvalue weighted by Gasteiger charge is 2.13. The number of hydrogen-bond acceptors (Lipinski definition) is 3. The van der Waals surface area contributed by atoms with Crippen molar-refractivity contribution in [1.29, 1.82) is 0 Å². The Morgan fingerprint density at radius 1 is 1.00 bits per heavy atom. The summed E-state index contributed by atoms with van der Waals surface area (Å²) in [7, 11) is 1.67. The molecule has 3 aromatic rings. The van der Waals surface area contributed by atoms with Gasteiger partial charge in [-0.05, 0) is 52.3 Å². The Balaban J connectivity index is 1.92. The number of ether oxygens (including phenoxy) is 1. The van der Waals surface area contributed by atoms with E-state index in [1.54, 1.807) is 18.4 Å². The summed E-state index contributed by atoms with van der Waals surface area (Å²) in [6.07, 6.45) is 0. The molecule has 1 unspecified atom stereocenters. The third kappa shape index (κ3) is 4.19. The van der Waals surface area contributed by atoms with Gasteiger partial charge in [0.2, 0.25) is 0 Å². The van der Waals surface area contributed by atoms with Crippen molar-refractivity contribution in [3.63, 3.8) is 0 Å². The minimum Gasteiger partial charge on any atom is -0.495 e. The molecule has 1 atom stereocenters. The van der Waals surface area contributed by atoms with E-state index in [0.717, 1.165) is 25.7 Å². The standard InChI is InChI=1S/C20H16BrNOS/c1-23-18-10-6-5-9-16(18)22-17(19-13-14-20(21)24-19)12-11-15-7-3-2-4-8-15/h2-10,13-14,17,22H,1H3. The molecule has 0 aliphatic heterocycles. The van der Waals surface area contributed by atoms with Gasteiger partial charge in [-0.3, -0.25) is 0 Å². The van der Waals surface area contributed by atoms with Crippen molar-refractivity contribution in [2.75, 3.05) is 12.4 Å². The average molecular weight is 398 g/mol. The molecular weight excluding hydrogens is 382 g/mol. The molecule has 0 radical (unpaired) electrons. The maximum atomic E-state index is 5.43. The number of benzene rings is 2. The summed E-state index contributed by atoms with van der Waals surface area (Å²) in [6.45, 7) is 0. The Labute approximate surface area is 154 Å². The molecule has 0 fully saturated rings. The molecule has 2 nitrogen and oxygen atoms in total. The maximum absolute atomic E-state index is 5.43. The first-order valence-corrected chi connectivity index (χ1v) is 9.08. The van der Waals surface area contributed by atoms with Crippen LogP contribution in [0.4, 0.5) is 5.69 Å². The molecule has 0 aliphatic carbocycles. The van der Waals surface area contributed by atoms with E-state index in [4.69, 9.17) is 4.74 Å². The molecule has 0 spiro atoms. The molecule has 1 N–H and O–H groups in total. The molecule has 24 heavy (non-hydrogen) atoms. The Kier molecular flexibility index (Phi) is 5.58. The number of hydrogen-bond donors (Lipinski definition) is 1. The van der Waals surface area contributed by atoms with Gasteiger partial charge in [0, 0.05) is 10.4 Å². The average Bonchev–Trinajstić information content (AvgIpc) is 3.06. The number of anilines is 1. The molecule has 1 heterocycles. The Hall–Kier alpha value is -2.22. The quantitative estimate of drug-likeness (QED) is 0.568. The van der Waals surface area contributed by atoms with Crippen LogP contribution in [-0.2, 0) is 0 Å². The second-order valence-electron chi connectivity index (χ2n) is 5.05. The zero-order valence-electron chi connectivity index (χ0n) is 13.1. The van der Waals surface area contributed by atoms with Gasteiger partial charge in [-0.1, -0.05) is 42.2 Å². The van der Waals surface area contributed by atoms with Crippen molar-refractivity contribution in [3.8, 4) is 17.6 Å². The highest BCUT2D eigenvalue weighted by molar-refractivity contribution is 9.11. The van der Waals surface area contributed by atoms with Gasteiger partial charge in [0.05, 0.1) is 16.6 Å². The predicted octanol–water partition coefficient (Wildman–Crippen LogP) is 5.72. The van der Waals surface area contributed by atoms with Crippen molar-refractivity contribution < 1.29 is 4.74 Å². The SMILES string of the molecule is COc1ccccc1NC(C#Cc1ccccc1)c1ccc(Br)s1. The lowest BCUT2D eigenvalue weighted by atomic mass is 10.1. The molecule has 4 heteroatoms. The first kappa shape index (κ1) is 16.6. The van der Waals surface area contributed by atoms with Gasteiger partial charge in [0.25, 0.3) is 0 Å². The normalized spacial score (nSPS) is 11.2. The van der Waals surface area contributed by atoms with E-state index in [1.165, 1.54) is 0 Å². The van der Waals surface area contributed by atoms with Crippen molar-refractivity contribution in [1.82, 2.24) is 0 Å². The van der Waals surface area contributed by atoms with E-state index < -0.39 is 0 Å². The number of methoxy groups -OCH3 is 1. The van der Waals surface area contributed by atoms with Gasteiger partial charge in [0.15, 0.2) is 0 Å². The van der Waals surface area contributed by atoms with Gasteiger partial charge in [-0.2, -0.15) is 0 Å². The van der Waals surface area contributed by atoms with E-state index in [-0.39, 0.29) is 6.04 Å². The molecular formula is C20H16BrNOS. The minimum atomic E-state index is -0.113. The van der Waals surface area contributed by atoms with Crippen molar-refractivity contribution in [3.05, 3.63) is 81.0 Å². The number of nitrogens with one attached hydrogen (secondary N) is 1. The van der Waals surface area contributed by atoms with Crippen LogP contribution in [-0.4, -0.2) is 7.11 Å². The molecule has 0 amide bonds. The van der Waals surface area contributed by atoms with Crippen LogP contribution in [0.15, 0.2) is 70.5 Å². The number of thiophene rings is 1. The molecule has 3 rings (SSSR count). The smallest absolute Gasteiger partial charge is 0.141 e. The monoisotopic (exact) mass is 397 g/mol. The fraction of sp³-hybridized carbons (Fsp3) is 0.100. The van der Waals surface area contributed by atoms with Gasteiger partial charge in [-0.15, -0.1) is 11.3 Å². The topological polar surface area (TPSA) is 21.3 Å². The first-order valence-electron chi connectivity index (χ1n) is 7.47. The van der Waals surface area contributed by atoms with E-state index in [0.29, 0.717) is 0 Å². The summed E-state index contributed by atoms with van der Waals surface area (Å²) in [5.41, 5.74) is 1.93. The molecule has 0 saturated heterocycles. The van der Waals surface area contributed by atoms with E-state index in [9.17, 15) is 0 Å². The van der Waals surface area contributed by atoms with Crippen LogP contribution in [0.2, 0.25) is 0 Å². The lowest BCUT2D eigenvalue weighted by Crippen LogP contribution is -2.08.